The summed E-state index contributed by atoms with van der Waals surface area (Å²) in [6, 6.07) is 35.0. The van der Waals surface area contributed by atoms with Gasteiger partial charge in [-0.15, -0.1) is 0 Å². The van der Waals surface area contributed by atoms with Gasteiger partial charge in [-0.1, -0.05) is 48.5 Å². The molecule has 0 spiro atoms. The van der Waals surface area contributed by atoms with Crippen molar-refractivity contribution in [2.45, 2.75) is 96.6 Å². The maximum atomic E-state index is 8.32. The van der Waals surface area contributed by atoms with Crippen LogP contribution >= 0.6 is 0 Å². The first-order chi connectivity index (χ1) is 47.2. The fraction of sp³-hybridized carbons (Fsp3) is 0.221. The van der Waals surface area contributed by atoms with Crippen LogP contribution in [0.1, 0.15) is 98.7 Å². The van der Waals surface area contributed by atoms with Crippen molar-refractivity contribution in [1.82, 2.24) is 15.0 Å². The lowest BCUT2D eigenvalue weighted by Crippen LogP contribution is -2.31. The number of rotatable bonds is 3. The number of hydrogen-bond acceptors (Lipinski definition) is 6. The largest absolute Gasteiger partial charge is 0.455 e. The Morgan fingerprint density at radius 3 is 1.33 bits per heavy atom. The Labute approximate surface area is 522 Å². The summed E-state index contributed by atoms with van der Waals surface area (Å²) in [5.41, 5.74) is 19.5. The van der Waals surface area contributed by atoms with Crippen LogP contribution in [0.25, 0.3) is 132 Å². The Morgan fingerprint density at radius 1 is 0.372 bits per heavy atom. The van der Waals surface area contributed by atoms with E-state index in [1.54, 1.807) is 61.9 Å². The Kier molecular flexibility index (Phi) is 9.86. The summed E-state index contributed by atoms with van der Waals surface area (Å²) < 4.78 is 145. The monoisotopic (exact) mass is 1140 g/mol. The van der Waals surface area contributed by atoms with Crippen LogP contribution < -0.4 is 13.7 Å². The molecule has 0 aliphatic rings. The standard InChI is InChI=1S/2C26H25N2O.C25H23N2O/c1-14-7-10-20-24-18(5)25-19(9-8-17(4)27-25)12-22(24)29-26(20)23(14)21-11-15(2)16(3)13-28(21)6;1-14-9-19-11-22-24(18(5)25(19)27-12-14)20-8-7-15(2)23(26(20)29-22)21-10-16(3)17(4)13-28(21)6;1-14-6-9-19-20-12-21-18(8-7-17(4)26-21)11-23(20)28-25(19)24(14)22-10-15(2)16(3)13-27(22)5/h2*7-13H,1-6H3;6-13H,1-5H3/q3*+1/i3D3,5D3;4D3,5D3;3D3. The minimum atomic E-state index is -2.40. The molecule has 0 amide bonds. The average Bonchev–Trinajstić information content (AvgIpc) is 1.60. The third kappa shape index (κ3) is 9.23. The molecule has 9 heteroatoms. The smallest absolute Gasteiger partial charge is 0.216 e. The van der Waals surface area contributed by atoms with Gasteiger partial charge in [0.2, 0.25) is 17.1 Å². The number of benzene rings is 6. The van der Waals surface area contributed by atoms with Crippen molar-refractivity contribution < 1.29 is 47.5 Å². The van der Waals surface area contributed by atoms with Crippen LogP contribution in [0.2, 0.25) is 0 Å². The molecular formula is C77H73N6O3+3. The Morgan fingerprint density at radius 2 is 0.814 bits per heavy atom. The van der Waals surface area contributed by atoms with Gasteiger partial charge in [0.05, 0.1) is 33.2 Å². The zero-order chi connectivity index (χ0) is 73.0. The molecule has 0 N–H and O–H groups in total. The summed E-state index contributed by atoms with van der Waals surface area (Å²) in [6.07, 6.45) is 6.65. The van der Waals surface area contributed by atoms with Gasteiger partial charge in [-0.3, -0.25) is 15.0 Å². The van der Waals surface area contributed by atoms with E-state index >= 15 is 0 Å². The van der Waals surface area contributed by atoms with Crippen molar-refractivity contribution in [3.05, 3.63) is 212 Å². The Balaban J connectivity index is 0.000000136. The highest BCUT2D eigenvalue weighted by atomic mass is 16.3. The van der Waals surface area contributed by atoms with E-state index in [1.165, 1.54) is 0 Å². The summed E-state index contributed by atoms with van der Waals surface area (Å²) in [6.45, 7) is 5.74. The van der Waals surface area contributed by atoms with E-state index in [1.807, 2.05) is 138 Å². The zero-order valence-electron chi connectivity index (χ0n) is 65.1. The molecule has 9 heterocycles. The van der Waals surface area contributed by atoms with Crippen LogP contribution in [0.3, 0.4) is 0 Å². The normalized spacial score (nSPS) is 15.1. The van der Waals surface area contributed by atoms with Gasteiger partial charge < -0.3 is 13.3 Å². The molecule has 9 nitrogen and oxygen atoms in total. The third-order valence-corrected chi connectivity index (χ3v) is 16.9. The number of nitrogens with zero attached hydrogens (tertiary/aromatic N) is 6. The van der Waals surface area contributed by atoms with Crippen LogP contribution in [0.15, 0.2) is 147 Å². The van der Waals surface area contributed by atoms with Crippen LogP contribution in [-0.2, 0) is 21.1 Å². The van der Waals surface area contributed by atoms with E-state index in [9.17, 15) is 0 Å². The number of pyridine rings is 6. The lowest BCUT2D eigenvalue weighted by atomic mass is 9.97. The minimum Gasteiger partial charge on any atom is -0.455 e. The molecule has 15 aromatic rings. The predicted molar refractivity (Wildman–Crippen MR) is 353 cm³/mol. The summed E-state index contributed by atoms with van der Waals surface area (Å²) in [5.74, 6) is 0. The highest BCUT2D eigenvalue weighted by Gasteiger charge is 2.26. The maximum Gasteiger partial charge on any atom is 0.216 e. The number of fused-ring (bicyclic) bond motifs is 12. The van der Waals surface area contributed by atoms with Crippen molar-refractivity contribution in [3.63, 3.8) is 0 Å². The number of furan rings is 3. The molecule has 0 aliphatic heterocycles. The molecular weight excluding hydrogens is 1060 g/mol. The summed E-state index contributed by atoms with van der Waals surface area (Å²) in [5, 5.41) is 6.95. The first-order valence-electron chi connectivity index (χ1n) is 36.0. The first-order valence-corrected chi connectivity index (χ1v) is 28.5. The summed E-state index contributed by atoms with van der Waals surface area (Å²) in [4.78, 5) is 13.7. The third-order valence-electron chi connectivity index (χ3n) is 16.9. The van der Waals surface area contributed by atoms with Gasteiger partial charge in [0, 0.05) is 122 Å². The fourth-order valence-corrected chi connectivity index (χ4v) is 12.2. The van der Waals surface area contributed by atoms with Gasteiger partial charge in [-0.2, -0.15) is 0 Å². The number of aromatic nitrogens is 6. The van der Waals surface area contributed by atoms with Gasteiger partial charge in [0.25, 0.3) is 0 Å². The van der Waals surface area contributed by atoms with Gasteiger partial charge >= 0.3 is 0 Å². The molecule has 426 valence electrons. The molecule has 0 fully saturated rings. The molecule has 0 saturated heterocycles. The Hall–Kier alpha value is -9.60. The molecule has 0 atom stereocenters. The molecule has 15 rings (SSSR count). The number of hydrogen-bond donors (Lipinski definition) is 0. The van der Waals surface area contributed by atoms with E-state index in [2.05, 4.69) is 46.1 Å². The quantitative estimate of drug-likeness (QED) is 0.164. The highest BCUT2D eigenvalue weighted by Crippen LogP contribution is 2.43. The molecule has 6 aromatic carbocycles. The topological polar surface area (TPSA) is 89.7 Å². The summed E-state index contributed by atoms with van der Waals surface area (Å²) in [7, 11) is 5.49. The molecule has 0 saturated carbocycles. The lowest BCUT2D eigenvalue weighted by Gasteiger charge is -2.08. The Bertz CT molecular complexity index is 5910. The SMILES string of the molecule is [2H]C([2H])([2H])c1c[n+](C)c(-c2c(C)ccc3c2oc2cc4cc(C)cnc4c(C([2H])([2H])[2H])c23)cc1C.[2H]C([2H])([2H])c1c[n+](C)c(-c2c(C)ccc3c2oc2cc4ccc(C)nc4c(C([2H])([2H])[2H])c23)cc1C.[2H]C([2H])([2H])c1c[n+](C)c(-c2c(C)ccc3c2oc2cc4ccc(C)nc4cc23)cc1C. The van der Waals surface area contributed by atoms with E-state index < -0.39 is 34.3 Å². The van der Waals surface area contributed by atoms with Crippen molar-refractivity contribution in [1.29, 1.82) is 0 Å². The zero-order valence-corrected chi connectivity index (χ0v) is 50.1. The summed E-state index contributed by atoms with van der Waals surface area (Å²) >= 11 is 0. The molecule has 86 heavy (non-hydrogen) atoms. The van der Waals surface area contributed by atoms with Gasteiger partial charge in [0.1, 0.15) is 54.6 Å². The molecule has 0 aliphatic carbocycles. The lowest BCUT2D eigenvalue weighted by molar-refractivity contribution is -0.660. The van der Waals surface area contributed by atoms with E-state index in [0.717, 1.165) is 106 Å². The highest BCUT2D eigenvalue weighted by molar-refractivity contribution is 6.17. The van der Waals surface area contributed by atoms with Gasteiger partial charge in [0.15, 0.2) is 18.6 Å². The van der Waals surface area contributed by atoms with Crippen molar-refractivity contribution in [3.8, 4) is 33.8 Å². The van der Waals surface area contributed by atoms with E-state index in [4.69, 9.17) is 33.8 Å². The molecule has 9 aromatic heterocycles. The van der Waals surface area contributed by atoms with Gasteiger partial charge in [-0.25, -0.2) is 13.7 Å². The van der Waals surface area contributed by atoms with E-state index in [-0.39, 0.29) is 22.3 Å². The minimum absolute atomic E-state index is 0.178. The fourth-order valence-electron chi connectivity index (χ4n) is 12.2. The predicted octanol–water partition coefficient (Wildman–Crippen LogP) is 18.2. The van der Waals surface area contributed by atoms with Crippen LogP contribution in [0.4, 0.5) is 0 Å². The maximum absolute atomic E-state index is 8.32. The second kappa shape index (κ2) is 20.9. The van der Waals surface area contributed by atoms with E-state index in [0.29, 0.717) is 82.4 Å². The molecule has 0 radical (unpaired) electrons. The second-order valence-electron chi connectivity index (χ2n) is 23.2. The van der Waals surface area contributed by atoms with Crippen molar-refractivity contribution >= 4 is 98.5 Å². The van der Waals surface area contributed by atoms with Crippen LogP contribution in [0.5, 0.6) is 0 Å². The van der Waals surface area contributed by atoms with Gasteiger partial charge in [-0.05, 0) is 189 Å². The second-order valence-corrected chi connectivity index (χ2v) is 23.2. The first kappa shape index (κ1) is 40.6. The number of aryl methyl sites for hydroxylation is 17. The average molecular weight is 1150 g/mol. The van der Waals surface area contributed by atoms with Crippen molar-refractivity contribution in [2.24, 2.45) is 21.1 Å². The molecule has 0 unspecified atom stereocenters. The van der Waals surface area contributed by atoms with Crippen molar-refractivity contribution in [2.75, 3.05) is 0 Å². The van der Waals surface area contributed by atoms with Crippen LogP contribution in [-0.4, -0.2) is 15.0 Å². The van der Waals surface area contributed by atoms with Crippen LogP contribution in [0, 0.1) is 96.6 Å². The molecule has 0 bridgehead atoms.